The van der Waals surface area contributed by atoms with Gasteiger partial charge in [-0.05, 0) is 75.0 Å². The molecule has 3 heteroatoms. The summed E-state index contributed by atoms with van der Waals surface area (Å²) in [7, 11) is 0. The Balaban J connectivity index is 0.000000186. The molecule has 7 aromatic rings. The molecule has 7 rings (SSSR count). The van der Waals surface area contributed by atoms with Crippen molar-refractivity contribution in [3.05, 3.63) is 156 Å². The monoisotopic (exact) mass is 775 g/mol. The molecular weight excluding hydrogens is 737 g/mol. The van der Waals surface area contributed by atoms with Crippen molar-refractivity contribution in [2.45, 2.75) is 46.5 Å². The van der Waals surface area contributed by atoms with E-state index in [9.17, 15) is 0 Å². The molecule has 0 aliphatic heterocycles. The first-order valence-electron chi connectivity index (χ1n) is 15.7. The van der Waals surface area contributed by atoms with Crippen LogP contribution in [0.4, 0.5) is 0 Å². The summed E-state index contributed by atoms with van der Waals surface area (Å²) in [5.74, 6) is 0.930. The largest absolute Gasteiger partial charge is 0.305 e. The fourth-order valence-corrected chi connectivity index (χ4v) is 5.74. The van der Waals surface area contributed by atoms with Gasteiger partial charge in [0.1, 0.15) is 0 Å². The van der Waals surface area contributed by atoms with Gasteiger partial charge in [0.25, 0.3) is 0 Å². The second kappa shape index (κ2) is 14.8. The number of benzene rings is 5. The molecular formula is C43H38IrN2-2. The van der Waals surface area contributed by atoms with Crippen molar-refractivity contribution in [1.29, 1.82) is 0 Å². The molecule has 0 bridgehead atoms. The van der Waals surface area contributed by atoms with Gasteiger partial charge in [0.05, 0.1) is 0 Å². The minimum atomic E-state index is 0. The van der Waals surface area contributed by atoms with Gasteiger partial charge >= 0.3 is 0 Å². The summed E-state index contributed by atoms with van der Waals surface area (Å²) in [5.41, 5.74) is 10.5. The smallest absolute Gasteiger partial charge is 0.0167 e. The van der Waals surface area contributed by atoms with Crippen molar-refractivity contribution in [3.8, 4) is 33.6 Å². The third kappa shape index (κ3) is 7.18. The Bertz CT molecular complexity index is 2050. The van der Waals surface area contributed by atoms with Crippen molar-refractivity contribution >= 4 is 21.5 Å². The molecule has 0 aliphatic rings. The first-order chi connectivity index (χ1) is 21.9. The van der Waals surface area contributed by atoms with Gasteiger partial charge in [-0.15, -0.1) is 70.3 Å². The van der Waals surface area contributed by atoms with Gasteiger partial charge in [-0.25, -0.2) is 0 Å². The maximum atomic E-state index is 4.75. The zero-order chi connectivity index (χ0) is 31.3. The minimum absolute atomic E-state index is 0. The van der Waals surface area contributed by atoms with Gasteiger partial charge < -0.3 is 9.97 Å². The van der Waals surface area contributed by atoms with Crippen LogP contribution in [0.1, 0.15) is 56.2 Å². The minimum Gasteiger partial charge on any atom is -0.305 e. The van der Waals surface area contributed by atoms with Gasteiger partial charge in [0, 0.05) is 32.5 Å². The van der Waals surface area contributed by atoms with Crippen molar-refractivity contribution in [2.24, 2.45) is 0 Å². The van der Waals surface area contributed by atoms with Crippen molar-refractivity contribution in [2.75, 3.05) is 0 Å². The van der Waals surface area contributed by atoms with Crippen LogP contribution >= 0.6 is 0 Å². The fraction of sp³-hybridized carbons (Fsp3) is 0.163. The van der Waals surface area contributed by atoms with Gasteiger partial charge in [0.2, 0.25) is 0 Å². The Labute approximate surface area is 287 Å². The molecule has 0 unspecified atom stereocenters. The van der Waals surface area contributed by atoms with E-state index in [2.05, 4.69) is 143 Å². The van der Waals surface area contributed by atoms with Gasteiger partial charge in [-0.3, -0.25) is 0 Å². The molecule has 1 radical (unpaired) electrons. The molecule has 0 amide bonds. The number of hydrogen-bond donors (Lipinski definition) is 0. The summed E-state index contributed by atoms with van der Waals surface area (Å²) < 4.78 is 0. The van der Waals surface area contributed by atoms with Crippen LogP contribution in [0.15, 0.2) is 128 Å². The Morgan fingerprint density at radius 2 is 1.39 bits per heavy atom. The molecule has 231 valence electrons. The van der Waals surface area contributed by atoms with Crippen LogP contribution in [-0.2, 0) is 20.1 Å². The second-order valence-corrected chi connectivity index (χ2v) is 12.2. The van der Waals surface area contributed by atoms with E-state index in [0.717, 1.165) is 22.5 Å². The third-order valence-corrected chi connectivity index (χ3v) is 8.33. The summed E-state index contributed by atoms with van der Waals surface area (Å²) >= 11 is 0. The molecule has 0 N–H and O–H groups in total. The van der Waals surface area contributed by atoms with Crippen LogP contribution in [0.5, 0.6) is 0 Å². The van der Waals surface area contributed by atoms with Crippen LogP contribution in [0.3, 0.4) is 0 Å². The number of pyridine rings is 2. The molecule has 0 saturated carbocycles. The molecule has 0 spiro atoms. The number of fused-ring (bicyclic) bond motifs is 3. The molecule has 0 saturated heterocycles. The van der Waals surface area contributed by atoms with Crippen LogP contribution in [0.2, 0.25) is 0 Å². The molecule has 2 aromatic heterocycles. The Hall–Kier alpha value is -4.43. The predicted molar refractivity (Wildman–Crippen MR) is 190 cm³/mol. The average molecular weight is 775 g/mol. The quantitative estimate of drug-likeness (QED) is 0.129. The number of aryl methyl sites for hydroxylation is 1. The number of rotatable bonds is 5. The zero-order valence-electron chi connectivity index (χ0n) is 27.0. The summed E-state index contributed by atoms with van der Waals surface area (Å²) in [4.78, 5) is 9.13. The molecule has 2 heterocycles. The van der Waals surface area contributed by atoms with E-state index >= 15 is 0 Å². The van der Waals surface area contributed by atoms with Crippen LogP contribution in [0.25, 0.3) is 55.2 Å². The standard InChI is InChI=1S/C25H24N.C18H14N.Ir/c1-16(2)19-13-20(17(3)4)15-21(14-19)25-24-10-9-18-7-5-6-8-22(18)23(24)11-12-26-25;1-14-7-2-3-10-17(14)15-8-6-9-16(13-15)18-11-4-5-12-19-18;/h5-14,16-17H,1-4H3;2-8,10-13H,1H3;/q2*-1;. The predicted octanol–water partition coefficient (Wildman–Crippen LogP) is 11.6. The first-order valence-corrected chi connectivity index (χ1v) is 15.7. The SMILES string of the molecule is CC(C)c1[c-]c(-c2nccc3c2ccc2ccccc23)cc(C(C)C)c1.Cc1ccccc1-c1cc[c-]c(-c2ccccn2)c1.[Ir]. The molecule has 0 aliphatic carbocycles. The van der Waals surface area contributed by atoms with E-state index in [0.29, 0.717) is 11.8 Å². The zero-order valence-corrected chi connectivity index (χ0v) is 29.4. The number of nitrogens with zero attached hydrogens (tertiary/aromatic N) is 2. The number of hydrogen-bond acceptors (Lipinski definition) is 2. The fourth-order valence-electron chi connectivity index (χ4n) is 5.74. The van der Waals surface area contributed by atoms with Crippen molar-refractivity contribution < 1.29 is 20.1 Å². The van der Waals surface area contributed by atoms with E-state index in [1.807, 2.05) is 36.7 Å². The summed E-state index contributed by atoms with van der Waals surface area (Å²) in [6, 6.07) is 47.0. The first kappa shape index (κ1) is 32.9. The summed E-state index contributed by atoms with van der Waals surface area (Å²) in [6.07, 6.45) is 3.73. The Kier molecular flexibility index (Phi) is 10.6. The van der Waals surface area contributed by atoms with E-state index < -0.39 is 0 Å². The van der Waals surface area contributed by atoms with Crippen LogP contribution in [-0.4, -0.2) is 9.97 Å². The van der Waals surface area contributed by atoms with E-state index in [4.69, 9.17) is 4.98 Å². The van der Waals surface area contributed by atoms with Gasteiger partial charge in [0.15, 0.2) is 0 Å². The molecule has 0 fully saturated rings. The Morgan fingerprint density at radius 1 is 0.609 bits per heavy atom. The second-order valence-electron chi connectivity index (χ2n) is 12.2. The van der Waals surface area contributed by atoms with Crippen molar-refractivity contribution in [3.63, 3.8) is 0 Å². The molecule has 46 heavy (non-hydrogen) atoms. The molecule has 5 aromatic carbocycles. The average Bonchev–Trinajstić information content (AvgIpc) is 3.08. The van der Waals surface area contributed by atoms with Gasteiger partial charge in [-0.2, -0.15) is 0 Å². The van der Waals surface area contributed by atoms with Crippen molar-refractivity contribution in [1.82, 2.24) is 9.97 Å². The Morgan fingerprint density at radius 3 is 2.15 bits per heavy atom. The molecule has 0 atom stereocenters. The van der Waals surface area contributed by atoms with Gasteiger partial charge in [-0.1, -0.05) is 100 Å². The number of aromatic nitrogens is 2. The third-order valence-electron chi connectivity index (χ3n) is 8.33. The van der Waals surface area contributed by atoms with E-state index in [-0.39, 0.29) is 20.1 Å². The maximum absolute atomic E-state index is 4.75. The van der Waals surface area contributed by atoms with Crippen LogP contribution in [0, 0.1) is 19.1 Å². The summed E-state index contributed by atoms with van der Waals surface area (Å²) in [5, 5.41) is 4.98. The van der Waals surface area contributed by atoms with E-state index in [1.165, 1.54) is 49.4 Å². The maximum Gasteiger partial charge on any atom is 0.0167 e. The van der Waals surface area contributed by atoms with E-state index in [1.54, 1.807) is 0 Å². The topological polar surface area (TPSA) is 25.8 Å². The van der Waals surface area contributed by atoms with Crippen LogP contribution < -0.4 is 0 Å². The molecule has 2 nitrogen and oxygen atoms in total. The normalized spacial score (nSPS) is 10.9. The summed E-state index contributed by atoms with van der Waals surface area (Å²) in [6.45, 7) is 11.1.